The maximum absolute atomic E-state index is 12.4. The number of phosphoric ester groups is 1. The van der Waals surface area contributed by atoms with E-state index < -0.39 is 19.3 Å². The summed E-state index contributed by atoms with van der Waals surface area (Å²) >= 11 is 0. The highest BCUT2D eigenvalue weighted by Gasteiger charge is 2.84. The molecule has 6 fully saturated rings. The number of hydrogen-bond donors (Lipinski definition) is 1. The largest absolute Gasteiger partial charge is 0.482 e. The first-order valence-corrected chi connectivity index (χ1v) is 10.5. The lowest BCUT2D eigenvalue weighted by Crippen LogP contribution is -2.66. The monoisotopic (exact) mass is 360 g/mol. The van der Waals surface area contributed by atoms with Gasteiger partial charge in [-0.05, 0) is 55.7 Å². The van der Waals surface area contributed by atoms with Gasteiger partial charge in [0.05, 0.1) is 5.92 Å². The first kappa shape index (κ1) is 13.9. The van der Waals surface area contributed by atoms with Crippen molar-refractivity contribution in [1.29, 1.82) is 0 Å². The Morgan fingerprint density at radius 3 is 2.92 bits per heavy atom. The van der Waals surface area contributed by atoms with Crippen LogP contribution in [0, 0.1) is 0 Å². The van der Waals surface area contributed by atoms with E-state index in [1.54, 1.807) is 0 Å². The predicted octanol–water partition coefficient (Wildman–Crippen LogP) is 3.52. The molecule has 6 heterocycles. The highest BCUT2D eigenvalue weighted by molar-refractivity contribution is 7.50. The van der Waals surface area contributed by atoms with E-state index in [1.807, 2.05) is 6.07 Å². The lowest BCUT2D eigenvalue weighted by molar-refractivity contribution is -0.245. The molecule has 1 aliphatic carbocycles. The van der Waals surface area contributed by atoms with E-state index in [4.69, 9.17) is 18.1 Å². The third kappa shape index (κ3) is 1.54. The van der Waals surface area contributed by atoms with E-state index in [-0.39, 0.29) is 12.0 Å². The minimum Gasteiger partial charge on any atom is -0.356 e. The second kappa shape index (κ2) is 4.02. The molecule has 1 N–H and O–H groups in total. The van der Waals surface area contributed by atoms with Crippen molar-refractivity contribution in [1.82, 2.24) is 10.5 Å². The number of fused-ring (bicyclic) bond motifs is 2. The minimum atomic E-state index is -3.41. The van der Waals surface area contributed by atoms with Crippen LogP contribution in [0.5, 0.6) is 0 Å². The lowest BCUT2D eigenvalue weighted by Gasteiger charge is -2.47. The fraction of sp³-hybridized carbons (Fsp3) is 0.588. The Bertz CT molecular complexity index is 975. The highest BCUT2D eigenvalue weighted by Crippen LogP contribution is 2.82. The molecule has 8 heteroatoms. The SMILES string of the molecule is O=P12OC34CCC(CC(c5noc6ccc(C7CC7)cc56)C3(O1)O2)N4. The molecule has 1 saturated carbocycles. The van der Waals surface area contributed by atoms with Crippen LogP contribution in [0.4, 0.5) is 0 Å². The molecule has 8 rings (SSSR count). The summed E-state index contributed by atoms with van der Waals surface area (Å²) in [5.74, 6) is -0.539. The van der Waals surface area contributed by atoms with Crippen molar-refractivity contribution >= 4 is 18.8 Å². The van der Waals surface area contributed by atoms with Gasteiger partial charge in [0.2, 0.25) is 5.79 Å². The second-order valence-electron chi connectivity index (χ2n) is 7.98. The molecule has 0 radical (unpaired) electrons. The van der Waals surface area contributed by atoms with Crippen molar-refractivity contribution in [3.8, 4) is 0 Å². The molecule has 25 heavy (non-hydrogen) atoms. The average molecular weight is 360 g/mol. The molecule has 7 nitrogen and oxygen atoms in total. The Hall–Kier alpha value is -1.24. The summed E-state index contributed by atoms with van der Waals surface area (Å²) in [6, 6.07) is 6.61. The molecule has 130 valence electrons. The smallest absolute Gasteiger partial charge is 0.356 e. The summed E-state index contributed by atoms with van der Waals surface area (Å²) in [6.45, 7) is 0. The molecule has 2 spiro atoms. The molecule has 5 aliphatic heterocycles. The fourth-order valence-corrected chi connectivity index (χ4v) is 7.15. The van der Waals surface area contributed by atoms with Gasteiger partial charge in [-0.25, -0.2) is 13.6 Å². The summed E-state index contributed by atoms with van der Waals surface area (Å²) < 4.78 is 35.3. The molecule has 5 saturated heterocycles. The molecule has 2 aromatic rings. The van der Waals surface area contributed by atoms with Crippen molar-refractivity contribution in [3.05, 3.63) is 29.5 Å². The van der Waals surface area contributed by atoms with Gasteiger partial charge in [-0.2, -0.15) is 0 Å². The van der Waals surface area contributed by atoms with Crippen LogP contribution in [0.25, 0.3) is 11.0 Å². The number of nitrogens with zero attached hydrogens (tertiary/aromatic N) is 1. The van der Waals surface area contributed by atoms with Crippen LogP contribution in [-0.4, -0.2) is 22.7 Å². The Morgan fingerprint density at radius 2 is 2.08 bits per heavy atom. The third-order valence-corrected chi connectivity index (χ3v) is 8.01. The van der Waals surface area contributed by atoms with Gasteiger partial charge in [0.15, 0.2) is 11.3 Å². The van der Waals surface area contributed by atoms with Crippen LogP contribution in [0.3, 0.4) is 0 Å². The van der Waals surface area contributed by atoms with Gasteiger partial charge in [0, 0.05) is 11.4 Å². The average Bonchev–Trinajstić information content (AvgIpc) is 3.07. The maximum atomic E-state index is 12.4. The summed E-state index contributed by atoms with van der Waals surface area (Å²) in [5, 5.41) is 8.84. The second-order valence-corrected chi connectivity index (χ2v) is 9.42. The van der Waals surface area contributed by atoms with Crippen molar-refractivity contribution < 1.29 is 22.7 Å². The summed E-state index contributed by atoms with van der Waals surface area (Å²) in [6.07, 6.45) is 4.99. The molecule has 1 aromatic carbocycles. The van der Waals surface area contributed by atoms with Crippen LogP contribution in [-0.2, 0) is 18.1 Å². The van der Waals surface area contributed by atoms with Gasteiger partial charge >= 0.3 is 7.82 Å². The molecule has 3 atom stereocenters. The number of benzene rings is 1. The van der Waals surface area contributed by atoms with E-state index in [0.717, 1.165) is 35.9 Å². The normalized spacial score (nSPS) is 47.0. The van der Waals surface area contributed by atoms with Crippen molar-refractivity contribution in [2.24, 2.45) is 0 Å². The van der Waals surface area contributed by atoms with E-state index in [1.165, 1.54) is 18.4 Å². The Morgan fingerprint density at radius 1 is 1.20 bits per heavy atom. The molecule has 1 aromatic heterocycles. The Labute approximate surface area is 143 Å². The van der Waals surface area contributed by atoms with Gasteiger partial charge in [-0.3, -0.25) is 9.84 Å². The van der Waals surface area contributed by atoms with Gasteiger partial charge in [-0.1, -0.05) is 11.2 Å². The molecule has 3 unspecified atom stereocenters. The van der Waals surface area contributed by atoms with Crippen LogP contribution < -0.4 is 5.32 Å². The maximum Gasteiger partial charge on any atom is 0.482 e. The predicted molar refractivity (Wildman–Crippen MR) is 85.8 cm³/mol. The van der Waals surface area contributed by atoms with E-state index in [0.29, 0.717) is 5.92 Å². The van der Waals surface area contributed by atoms with Crippen LogP contribution in [0.1, 0.15) is 55.2 Å². The lowest BCUT2D eigenvalue weighted by atomic mass is 9.80. The van der Waals surface area contributed by atoms with Gasteiger partial charge in [0.25, 0.3) is 0 Å². The number of phosphoric acid groups is 1. The fourth-order valence-electron chi connectivity index (χ4n) is 5.19. The number of piperidine rings is 1. The van der Waals surface area contributed by atoms with E-state index >= 15 is 0 Å². The first-order valence-electron chi connectivity index (χ1n) is 8.99. The molecule has 0 amide bonds. The van der Waals surface area contributed by atoms with Gasteiger partial charge in [0.1, 0.15) is 5.69 Å². The molecule has 4 bridgehead atoms. The summed E-state index contributed by atoms with van der Waals surface area (Å²) in [5.41, 5.74) is 2.14. The number of hydrogen-bond acceptors (Lipinski definition) is 7. The Balaban J connectivity index is 1.41. The first-order chi connectivity index (χ1) is 12.1. The zero-order valence-electron chi connectivity index (χ0n) is 13.4. The quantitative estimate of drug-likeness (QED) is 0.821. The van der Waals surface area contributed by atoms with Gasteiger partial charge < -0.3 is 4.52 Å². The molecule has 6 aliphatic rings. The summed E-state index contributed by atoms with van der Waals surface area (Å²) in [4.78, 5) is 0. The highest BCUT2D eigenvalue weighted by atomic mass is 31.2. The van der Waals surface area contributed by atoms with E-state index in [9.17, 15) is 4.57 Å². The number of rotatable bonds is 2. The zero-order chi connectivity index (χ0) is 16.4. The van der Waals surface area contributed by atoms with E-state index in [2.05, 4.69) is 22.6 Å². The van der Waals surface area contributed by atoms with Gasteiger partial charge in [-0.15, -0.1) is 0 Å². The Kier molecular flexibility index (Phi) is 2.24. The molecular weight excluding hydrogens is 343 g/mol. The van der Waals surface area contributed by atoms with Crippen LogP contribution in [0.15, 0.2) is 22.7 Å². The standard InChI is InChI=1S/C17H17N2O5P/c20-25-22-16-6-5-11(18-16)8-13(17(16,23-25)24-25)15-12-7-10(9-1-2-9)3-4-14(12)21-19-15/h3-4,7,9,11,13,18H,1-2,5-6,8H2. The third-order valence-electron chi connectivity index (χ3n) is 6.49. The minimum absolute atomic E-state index is 0.151. The van der Waals surface area contributed by atoms with Crippen molar-refractivity contribution in [2.45, 2.75) is 61.5 Å². The topological polar surface area (TPSA) is 82.8 Å². The van der Waals surface area contributed by atoms with Crippen LogP contribution in [0.2, 0.25) is 0 Å². The van der Waals surface area contributed by atoms with Crippen molar-refractivity contribution in [2.75, 3.05) is 0 Å². The number of aromatic nitrogens is 1. The summed E-state index contributed by atoms with van der Waals surface area (Å²) in [7, 11) is -3.41. The zero-order valence-corrected chi connectivity index (χ0v) is 14.3. The van der Waals surface area contributed by atoms with Crippen molar-refractivity contribution in [3.63, 3.8) is 0 Å². The van der Waals surface area contributed by atoms with Crippen LogP contribution >= 0.6 is 7.82 Å². The molecular formula is C17H17N2O5P. The number of nitrogens with one attached hydrogen (secondary N) is 1.